The topological polar surface area (TPSA) is 55.1 Å². The maximum atomic E-state index is 12.0. The number of rotatable bonds is 4. The van der Waals surface area contributed by atoms with Crippen LogP contribution in [0, 0.1) is 17.8 Å². The van der Waals surface area contributed by atoms with Gasteiger partial charge in [0.15, 0.2) is 0 Å². The standard InChI is InChI=1S/C16H28N2O/c17-14-7-12-9-15(10-13(12)8-14)18-16(19)6-5-11-3-1-2-4-11/h11-15H,1-10,17H2,(H,18,19). The molecule has 108 valence electrons. The highest BCUT2D eigenvalue weighted by Crippen LogP contribution is 2.43. The largest absolute Gasteiger partial charge is 0.353 e. The van der Waals surface area contributed by atoms with E-state index in [2.05, 4.69) is 5.32 Å². The van der Waals surface area contributed by atoms with Crippen LogP contribution in [-0.2, 0) is 4.79 Å². The van der Waals surface area contributed by atoms with Crippen molar-refractivity contribution in [3.05, 3.63) is 0 Å². The van der Waals surface area contributed by atoms with Crippen molar-refractivity contribution in [3.8, 4) is 0 Å². The predicted molar refractivity (Wildman–Crippen MR) is 76.5 cm³/mol. The number of nitrogens with two attached hydrogens (primary N) is 1. The van der Waals surface area contributed by atoms with E-state index in [9.17, 15) is 4.79 Å². The van der Waals surface area contributed by atoms with Gasteiger partial charge in [0.2, 0.25) is 5.91 Å². The van der Waals surface area contributed by atoms with Gasteiger partial charge in [-0.3, -0.25) is 4.79 Å². The summed E-state index contributed by atoms with van der Waals surface area (Å²) in [5.41, 5.74) is 6.00. The van der Waals surface area contributed by atoms with Gasteiger partial charge in [-0.1, -0.05) is 25.7 Å². The zero-order valence-electron chi connectivity index (χ0n) is 11.9. The molecule has 3 fully saturated rings. The molecule has 19 heavy (non-hydrogen) atoms. The third kappa shape index (κ3) is 3.31. The third-order valence-electron chi connectivity index (χ3n) is 5.67. The quantitative estimate of drug-likeness (QED) is 0.820. The minimum absolute atomic E-state index is 0.293. The Balaban J connectivity index is 1.36. The number of fused-ring (bicyclic) bond motifs is 1. The molecule has 3 heteroatoms. The Labute approximate surface area is 116 Å². The molecule has 0 aromatic carbocycles. The third-order valence-corrected chi connectivity index (χ3v) is 5.67. The number of carbonyl (C=O) groups excluding carboxylic acids is 1. The van der Waals surface area contributed by atoms with E-state index in [1.165, 1.54) is 51.4 Å². The normalized spacial score (nSPS) is 38.6. The molecule has 3 aliphatic carbocycles. The fourth-order valence-electron chi connectivity index (χ4n) is 4.72. The number of hydrogen-bond donors (Lipinski definition) is 2. The van der Waals surface area contributed by atoms with Gasteiger partial charge in [0.1, 0.15) is 0 Å². The lowest BCUT2D eigenvalue weighted by atomic mass is 10.0. The Kier molecular flexibility index (Phi) is 4.11. The highest BCUT2D eigenvalue weighted by Gasteiger charge is 2.40. The summed E-state index contributed by atoms with van der Waals surface area (Å²) in [5.74, 6) is 2.69. The summed E-state index contributed by atoms with van der Waals surface area (Å²) in [6.45, 7) is 0. The Morgan fingerprint density at radius 2 is 1.68 bits per heavy atom. The fourth-order valence-corrected chi connectivity index (χ4v) is 4.72. The molecule has 2 unspecified atom stereocenters. The lowest BCUT2D eigenvalue weighted by Gasteiger charge is -2.15. The van der Waals surface area contributed by atoms with Gasteiger partial charge in [-0.25, -0.2) is 0 Å². The van der Waals surface area contributed by atoms with Crippen molar-refractivity contribution < 1.29 is 4.79 Å². The van der Waals surface area contributed by atoms with Crippen LogP contribution in [0.4, 0.5) is 0 Å². The molecule has 3 aliphatic rings. The van der Waals surface area contributed by atoms with Crippen molar-refractivity contribution >= 4 is 5.91 Å². The van der Waals surface area contributed by atoms with E-state index in [4.69, 9.17) is 5.73 Å². The van der Waals surface area contributed by atoms with Gasteiger partial charge in [-0.2, -0.15) is 0 Å². The van der Waals surface area contributed by atoms with Crippen molar-refractivity contribution in [1.29, 1.82) is 0 Å². The van der Waals surface area contributed by atoms with Gasteiger partial charge in [0.25, 0.3) is 0 Å². The molecule has 0 bridgehead atoms. The van der Waals surface area contributed by atoms with Crippen LogP contribution in [0.5, 0.6) is 0 Å². The van der Waals surface area contributed by atoms with Gasteiger partial charge < -0.3 is 11.1 Å². The first kappa shape index (κ1) is 13.4. The van der Waals surface area contributed by atoms with Gasteiger partial charge in [0, 0.05) is 18.5 Å². The van der Waals surface area contributed by atoms with Crippen LogP contribution < -0.4 is 11.1 Å². The van der Waals surface area contributed by atoms with Crippen LogP contribution >= 0.6 is 0 Å². The highest BCUT2D eigenvalue weighted by molar-refractivity contribution is 5.76. The molecule has 2 atom stereocenters. The number of amides is 1. The molecular weight excluding hydrogens is 236 g/mol. The van der Waals surface area contributed by atoms with Crippen LogP contribution in [0.1, 0.15) is 64.2 Å². The first-order valence-electron chi connectivity index (χ1n) is 8.25. The van der Waals surface area contributed by atoms with Crippen LogP contribution in [0.25, 0.3) is 0 Å². The van der Waals surface area contributed by atoms with Gasteiger partial charge >= 0.3 is 0 Å². The predicted octanol–water partition coefficient (Wildman–Crippen LogP) is 2.59. The van der Waals surface area contributed by atoms with Crippen molar-refractivity contribution in [2.75, 3.05) is 0 Å². The lowest BCUT2D eigenvalue weighted by Crippen LogP contribution is -2.34. The molecule has 3 N–H and O–H groups in total. The SMILES string of the molecule is NC1CC2CC(NC(=O)CCC3CCCC3)CC2C1. The second-order valence-electron chi connectivity index (χ2n) is 7.18. The van der Waals surface area contributed by atoms with E-state index in [0.29, 0.717) is 18.0 Å². The van der Waals surface area contributed by atoms with Crippen LogP contribution in [0.3, 0.4) is 0 Å². The van der Waals surface area contributed by atoms with Crippen molar-refractivity contribution in [2.45, 2.75) is 76.3 Å². The number of hydrogen-bond acceptors (Lipinski definition) is 2. The van der Waals surface area contributed by atoms with Gasteiger partial charge in [0.05, 0.1) is 0 Å². The summed E-state index contributed by atoms with van der Waals surface area (Å²) in [4.78, 5) is 12.0. The Morgan fingerprint density at radius 1 is 1.05 bits per heavy atom. The van der Waals surface area contributed by atoms with Crippen molar-refractivity contribution in [2.24, 2.45) is 23.5 Å². The molecule has 3 saturated carbocycles. The van der Waals surface area contributed by atoms with Gasteiger partial charge in [-0.15, -0.1) is 0 Å². The zero-order chi connectivity index (χ0) is 13.2. The Bertz CT molecular complexity index is 311. The van der Waals surface area contributed by atoms with Crippen molar-refractivity contribution in [1.82, 2.24) is 5.32 Å². The Morgan fingerprint density at radius 3 is 2.32 bits per heavy atom. The molecule has 1 amide bonds. The van der Waals surface area contributed by atoms with E-state index >= 15 is 0 Å². The minimum atomic E-state index is 0.293. The van der Waals surface area contributed by atoms with E-state index in [1.54, 1.807) is 0 Å². The minimum Gasteiger partial charge on any atom is -0.353 e. The molecule has 0 saturated heterocycles. The molecule has 0 aliphatic heterocycles. The summed E-state index contributed by atoms with van der Waals surface area (Å²) < 4.78 is 0. The first-order valence-corrected chi connectivity index (χ1v) is 8.25. The highest BCUT2D eigenvalue weighted by atomic mass is 16.1. The number of carbonyl (C=O) groups is 1. The van der Waals surface area contributed by atoms with Crippen LogP contribution in [0.2, 0.25) is 0 Å². The van der Waals surface area contributed by atoms with Gasteiger partial charge in [-0.05, 0) is 49.9 Å². The molecule has 0 aromatic rings. The van der Waals surface area contributed by atoms with Crippen LogP contribution in [-0.4, -0.2) is 18.0 Å². The molecule has 0 spiro atoms. The molecule has 0 heterocycles. The van der Waals surface area contributed by atoms with Crippen molar-refractivity contribution in [3.63, 3.8) is 0 Å². The maximum Gasteiger partial charge on any atom is 0.220 e. The summed E-state index contributed by atoms with van der Waals surface area (Å²) >= 11 is 0. The molecular formula is C16H28N2O. The van der Waals surface area contributed by atoms with E-state index < -0.39 is 0 Å². The molecule has 3 nitrogen and oxygen atoms in total. The summed E-state index contributed by atoms with van der Waals surface area (Å²) in [7, 11) is 0. The second kappa shape index (κ2) is 5.82. The average molecular weight is 264 g/mol. The summed E-state index contributed by atoms with van der Waals surface area (Å²) in [6.07, 6.45) is 12.0. The lowest BCUT2D eigenvalue weighted by molar-refractivity contribution is -0.122. The van der Waals surface area contributed by atoms with E-state index in [1.807, 2.05) is 0 Å². The average Bonchev–Trinajstić information content (AvgIpc) is 3.02. The molecule has 0 aromatic heterocycles. The van der Waals surface area contributed by atoms with E-state index in [0.717, 1.165) is 30.6 Å². The molecule has 3 rings (SSSR count). The zero-order valence-corrected chi connectivity index (χ0v) is 11.9. The smallest absolute Gasteiger partial charge is 0.220 e. The maximum absolute atomic E-state index is 12.0. The monoisotopic (exact) mass is 264 g/mol. The first-order chi connectivity index (χ1) is 9.20. The second-order valence-corrected chi connectivity index (χ2v) is 7.18. The summed E-state index contributed by atoms with van der Waals surface area (Å²) in [6, 6.07) is 0.868. The summed E-state index contributed by atoms with van der Waals surface area (Å²) in [5, 5.41) is 3.27. The number of nitrogens with one attached hydrogen (secondary N) is 1. The van der Waals surface area contributed by atoms with E-state index in [-0.39, 0.29) is 0 Å². The molecule has 0 radical (unpaired) electrons. The fraction of sp³-hybridized carbons (Fsp3) is 0.938. The Hall–Kier alpha value is -0.570. The van der Waals surface area contributed by atoms with Crippen LogP contribution in [0.15, 0.2) is 0 Å².